The Hall–Kier alpha value is -0.350. The summed E-state index contributed by atoms with van der Waals surface area (Å²) in [5, 5.41) is 4.75. The highest BCUT2D eigenvalue weighted by Crippen LogP contribution is 2.31. The molecule has 0 aromatic carbocycles. The van der Waals surface area contributed by atoms with E-state index in [0.717, 1.165) is 36.3 Å². The van der Waals surface area contributed by atoms with Gasteiger partial charge in [0.05, 0.1) is 10.7 Å². The molecular formula is C15H21Cl2N3. The van der Waals surface area contributed by atoms with E-state index in [-0.39, 0.29) is 0 Å². The molecule has 1 aliphatic heterocycles. The molecule has 2 aliphatic rings. The van der Waals surface area contributed by atoms with Gasteiger partial charge >= 0.3 is 0 Å². The van der Waals surface area contributed by atoms with Crippen LogP contribution in [0.4, 0.5) is 0 Å². The molecule has 1 aromatic rings. The standard InChI is InChI=1S/C15H21Cl2N3/c16-13-5-6-15(17)19-14(13)10-20(12-3-4-12)9-11-2-1-7-18-8-11/h5-6,11-12,18H,1-4,7-10H2. The zero-order valence-electron chi connectivity index (χ0n) is 11.6. The lowest BCUT2D eigenvalue weighted by molar-refractivity contribution is 0.191. The SMILES string of the molecule is Clc1ccc(Cl)c(CN(CC2CCCNC2)C2CC2)n1. The van der Waals surface area contributed by atoms with Gasteiger partial charge in [-0.05, 0) is 56.8 Å². The molecule has 5 heteroatoms. The number of piperidine rings is 1. The van der Waals surface area contributed by atoms with Crippen molar-refractivity contribution in [2.75, 3.05) is 19.6 Å². The van der Waals surface area contributed by atoms with Crippen molar-refractivity contribution in [3.63, 3.8) is 0 Å². The van der Waals surface area contributed by atoms with E-state index < -0.39 is 0 Å². The van der Waals surface area contributed by atoms with Crippen molar-refractivity contribution in [2.24, 2.45) is 5.92 Å². The summed E-state index contributed by atoms with van der Waals surface area (Å²) in [6.45, 7) is 4.27. The molecule has 0 amide bonds. The molecule has 2 fully saturated rings. The Morgan fingerprint density at radius 2 is 2.10 bits per heavy atom. The molecule has 110 valence electrons. The number of hydrogen-bond acceptors (Lipinski definition) is 3. The van der Waals surface area contributed by atoms with Crippen LogP contribution < -0.4 is 5.32 Å². The third-order valence-electron chi connectivity index (χ3n) is 4.19. The van der Waals surface area contributed by atoms with Crippen molar-refractivity contribution in [2.45, 2.75) is 38.3 Å². The van der Waals surface area contributed by atoms with Crippen molar-refractivity contribution < 1.29 is 0 Å². The molecule has 1 aliphatic carbocycles. The van der Waals surface area contributed by atoms with Gasteiger partial charge < -0.3 is 5.32 Å². The van der Waals surface area contributed by atoms with Gasteiger partial charge in [-0.3, -0.25) is 4.90 Å². The van der Waals surface area contributed by atoms with Crippen molar-refractivity contribution in [1.29, 1.82) is 0 Å². The van der Waals surface area contributed by atoms with Crippen molar-refractivity contribution in [1.82, 2.24) is 15.2 Å². The highest BCUT2D eigenvalue weighted by atomic mass is 35.5. The van der Waals surface area contributed by atoms with Gasteiger partial charge in [0.2, 0.25) is 0 Å². The summed E-state index contributed by atoms with van der Waals surface area (Å²) in [4.78, 5) is 6.94. The molecule has 1 N–H and O–H groups in total. The minimum atomic E-state index is 0.527. The maximum Gasteiger partial charge on any atom is 0.129 e. The van der Waals surface area contributed by atoms with Crippen molar-refractivity contribution in [3.05, 3.63) is 28.0 Å². The van der Waals surface area contributed by atoms with Gasteiger partial charge in [-0.1, -0.05) is 23.2 Å². The summed E-state index contributed by atoms with van der Waals surface area (Å²) in [6.07, 6.45) is 5.23. The molecule has 1 atom stereocenters. The van der Waals surface area contributed by atoms with E-state index in [0.29, 0.717) is 11.2 Å². The molecule has 20 heavy (non-hydrogen) atoms. The second-order valence-corrected chi connectivity index (χ2v) is 6.73. The summed E-state index contributed by atoms with van der Waals surface area (Å²) < 4.78 is 0. The minimum Gasteiger partial charge on any atom is -0.316 e. The second-order valence-electron chi connectivity index (χ2n) is 5.94. The first-order valence-electron chi connectivity index (χ1n) is 7.48. The number of nitrogens with one attached hydrogen (secondary N) is 1. The Labute approximate surface area is 130 Å². The first-order valence-corrected chi connectivity index (χ1v) is 8.23. The lowest BCUT2D eigenvalue weighted by atomic mass is 9.99. The smallest absolute Gasteiger partial charge is 0.129 e. The molecule has 0 spiro atoms. The molecule has 1 saturated carbocycles. The van der Waals surface area contributed by atoms with Crippen LogP contribution in [0, 0.1) is 5.92 Å². The molecular weight excluding hydrogens is 293 g/mol. The first-order chi connectivity index (χ1) is 9.72. The fraction of sp³-hybridized carbons (Fsp3) is 0.667. The minimum absolute atomic E-state index is 0.527. The lowest BCUT2D eigenvalue weighted by Crippen LogP contribution is -2.39. The molecule has 3 nitrogen and oxygen atoms in total. The highest BCUT2D eigenvalue weighted by molar-refractivity contribution is 6.32. The average molecular weight is 314 g/mol. The molecule has 0 radical (unpaired) electrons. The summed E-state index contributed by atoms with van der Waals surface area (Å²) in [7, 11) is 0. The third-order valence-corrected chi connectivity index (χ3v) is 4.75. The Morgan fingerprint density at radius 1 is 1.25 bits per heavy atom. The van der Waals surface area contributed by atoms with E-state index in [2.05, 4.69) is 15.2 Å². The molecule has 2 heterocycles. The lowest BCUT2D eigenvalue weighted by Gasteiger charge is -2.30. The zero-order chi connectivity index (χ0) is 13.9. The maximum absolute atomic E-state index is 6.25. The van der Waals surface area contributed by atoms with Crippen LogP contribution in [0.5, 0.6) is 0 Å². The summed E-state index contributed by atoms with van der Waals surface area (Å²) in [5.41, 5.74) is 0.912. The largest absolute Gasteiger partial charge is 0.316 e. The van der Waals surface area contributed by atoms with E-state index in [1.807, 2.05) is 6.07 Å². The van der Waals surface area contributed by atoms with E-state index in [1.165, 1.54) is 32.2 Å². The quantitative estimate of drug-likeness (QED) is 0.845. The Morgan fingerprint density at radius 3 is 2.80 bits per heavy atom. The van der Waals surface area contributed by atoms with E-state index in [4.69, 9.17) is 23.2 Å². The van der Waals surface area contributed by atoms with Crippen LogP contribution in [0.15, 0.2) is 12.1 Å². The van der Waals surface area contributed by atoms with Gasteiger partial charge in [0.1, 0.15) is 5.15 Å². The van der Waals surface area contributed by atoms with Gasteiger partial charge in [-0.15, -0.1) is 0 Å². The topological polar surface area (TPSA) is 28.2 Å². The molecule has 0 bridgehead atoms. The van der Waals surface area contributed by atoms with E-state index >= 15 is 0 Å². The molecule has 1 unspecified atom stereocenters. The summed E-state index contributed by atoms with van der Waals surface area (Å²) in [6, 6.07) is 4.31. The summed E-state index contributed by atoms with van der Waals surface area (Å²) in [5.74, 6) is 0.752. The maximum atomic E-state index is 6.25. The second kappa shape index (κ2) is 6.61. The van der Waals surface area contributed by atoms with Crippen LogP contribution >= 0.6 is 23.2 Å². The molecule has 3 rings (SSSR count). The van der Waals surface area contributed by atoms with Gasteiger partial charge in [0, 0.05) is 19.1 Å². The van der Waals surface area contributed by atoms with Gasteiger partial charge in [-0.25, -0.2) is 4.98 Å². The van der Waals surface area contributed by atoms with Crippen LogP contribution in [0.2, 0.25) is 10.2 Å². The van der Waals surface area contributed by atoms with Crippen molar-refractivity contribution >= 4 is 23.2 Å². The van der Waals surface area contributed by atoms with E-state index in [1.54, 1.807) is 6.07 Å². The monoisotopic (exact) mass is 313 g/mol. The van der Waals surface area contributed by atoms with Crippen LogP contribution in [0.1, 0.15) is 31.4 Å². The normalized spacial score (nSPS) is 23.2. The fourth-order valence-electron chi connectivity index (χ4n) is 2.95. The Bertz CT molecular complexity index is 456. The number of pyridine rings is 1. The van der Waals surface area contributed by atoms with Gasteiger partial charge in [-0.2, -0.15) is 0 Å². The molecule has 1 aromatic heterocycles. The van der Waals surface area contributed by atoms with Gasteiger partial charge in [0.15, 0.2) is 0 Å². The first kappa shape index (κ1) is 14.6. The van der Waals surface area contributed by atoms with Crippen LogP contribution in [0.25, 0.3) is 0 Å². The predicted octanol–water partition coefficient (Wildman–Crippen LogP) is 3.35. The zero-order valence-corrected chi connectivity index (χ0v) is 13.1. The number of hydrogen-bond donors (Lipinski definition) is 1. The average Bonchev–Trinajstić information content (AvgIpc) is 3.28. The van der Waals surface area contributed by atoms with Crippen LogP contribution in [0.3, 0.4) is 0 Å². The van der Waals surface area contributed by atoms with Crippen molar-refractivity contribution in [3.8, 4) is 0 Å². The Kier molecular flexibility index (Phi) is 4.82. The number of halogens is 2. The summed E-state index contributed by atoms with van der Waals surface area (Å²) >= 11 is 12.2. The van der Waals surface area contributed by atoms with Crippen LogP contribution in [-0.4, -0.2) is 35.6 Å². The molecule has 1 saturated heterocycles. The number of rotatable bonds is 5. The predicted molar refractivity (Wildman–Crippen MR) is 83.3 cm³/mol. The van der Waals surface area contributed by atoms with Crippen LogP contribution in [-0.2, 0) is 6.54 Å². The number of aromatic nitrogens is 1. The number of nitrogens with zero attached hydrogens (tertiary/aromatic N) is 2. The highest BCUT2D eigenvalue weighted by Gasteiger charge is 2.31. The fourth-order valence-corrected chi connectivity index (χ4v) is 3.28. The Balaban J connectivity index is 1.66. The van der Waals surface area contributed by atoms with E-state index in [9.17, 15) is 0 Å². The van der Waals surface area contributed by atoms with Gasteiger partial charge in [0.25, 0.3) is 0 Å². The third kappa shape index (κ3) is 3.85.